The summed E-state index contributed by atoms with van der Waals surface area (Å²) in [6.45, 7) is 1.66. The molecule has 0 spiro atoms. The van der Waals surface area contributed by atoms with Gasteiger partial charge in [0.05, 0.1) is 26.4 Å². The molecule has 0 unspecified atom stereocenters. The Hall–Kier alpha value is 1.52. The summed E-state index contributed by atoms with van der Waals surface area (Å²) in [5, 5.41) is 8.20. The summed E-state index contributed by atoms with van der Waals surface area (Å²) in [7, 11) is 1.61. The fraction of sp³-hybridized carbons (Fsp3) is 1.00. The van der Waals surface area contributed by atoms with Gasteiger partial charge >= 0.3 is 51.4 Å². The molecule has 0 amide bonds. The maximum atomic E-state index is 8.20. The molecule has 0 rings (SSSR count). The normalized spacial score (nSPS) is 8.67. The number of hydrogen-bond donors (Lipinski definition) is 1. The predicted octanol–water partition coefficient (Wildman–Crippen LogP) is -3.24. The van der Waals surface area contributed by atoms with Crippen LogP contribution in [0.3, 0.4) is 0 Å². The van der Waals surface area contributed by atoms with E-state index in [1.165, 1.54) is 0 Å². The zero-order valence-electron chi connectivity index (χ0n) is 7.09. The number of hydrogen-bond acceptors (Lipinski definition) is 3. The first-order valence-corrected chi connectivity index (χ1v) is 2.59. The molecule has 0 aromatic heterocycles. The second-order valence-corrected chi connectivity index (χ2v) is 1.33. The van der Waals surface area contributed by atoms with E-state index in [1.807, 2.05) is 0 Å². The maximum absolute atomic E-state index is 8.20. The van der Waals surface area contributed by atoms with Crippen LogP contribution in [0.15, 0.2) is 0 Å². The van der Waals surface area contributed by atoms with Crippen LogP contribution in [0.5, 0.6) is 0 Å². The van der Waals surface area contributed by atoms with Gasteiger partial charge in [-0.3, -0.25) is 0 Å². The SMILES string of the molecule is COCCOCCO.[H-].[K+]. The molecule has 0 aliphatic heterocycles. The van der Waals surface area contributed by atoms with E-state index in [0.717, 1.165) is 0 Å². The molecule has 0 heterocycles. The smallest absolute Gasteiger partial charge is 1.00 e. The number of methoxy groups -OCH3 is 1. The van der Waals surface area contributed by atoms with Crippen molar-refractivity contribution in [1.29, 1.82) is 0 Å². The molecule has 3 nitrogen and oxygen atoms in total. The van der Waals surface area contributed by atoms with Gasteiger partial charge in [-0.05, 0) is 0 Å². The van der Waals surface area contributed by atoms with Crippen LogP contribution in [0.2, 0.25) is 0 Å². The molecule has 52 valence electrons. The number of ether oxygens (including phenoxy) is 2. The Labute approximate surface area is 99.6 Å². The molecule has 0 radical (unpaired) electrons. The molecule has 0 aliphatic rings. The molecule has 0 aromatic carbocycles. The Morgan fingerprint density at radius 1 is 1.33 bits per heavy atom. The Morgan fingerprint density at radius 2 is 2.00 bits per heavy atom. The Morgan fingerprint density at radius 3 is 2.44 bits per heavy atom. The topological polar surface area (TPSA) is 38.7 Å². The number of aliphatic hydroxyl groups excluding tert-OH is 1. The molecule has 0 saturated carbocycles. The summed E-state index contributed by atoms with van der Waals surface area (Å²) in [5.74, 6) is 0. The fourth-order valence-electron chi connectivity index (χ4n) is 0.309. The van der Waals surface area contributed by atoms with Gasteiger partial charge in [0.15, 0.2) is 0 Å². The van der Waals surface area contributed by atoms with Gasteiger partial charge in [0.1, 0.15) is 0 Å². The molecule has 4 heteroatoms. The first-order valence-electron chi connectivity index (χ1n) is 2.59. The van der Waals surface area contributed by atoms with E-state index in [1.54, 1.807) is 7.11 Å². The van der Waals surface area contributed by atoms with Gasteiger partial charge in [0.2, 0.25) is 0 Å². The van der Waals surface area contributed by atoms with Crippen LogP contribution in [-0.4, -0.2) is 38.6 Å². The zero-order valence-corrected chi connectivity index (χ0v) is 9.22. The van der Waals surface area contributed by atoms with Crippen LogP contribution in [0.25, 0.3) is 0 Å². The Bertz CT molecular complexity index is 41.9. The van der Waals surface area contributed by atoms with Crippen LogP contribution in [-0.2, 0) is 9.47 Å². The molecule has 0 fully saturated rings. The molecule has 1 N–H and O–H groups in total. The summed E-state index contributed by atoms with van der Waals surface area (Å²) in [6.07, 6.45) is 0. The van der Waals surface area contributed by atoms with Crippen molar-refractivity contribution in [3.05, 3.63) is 0 Å². The van der Waals surface area contributed by atoms with E-state index in [4.69, 9.17) is 9.84 Å². The average molecular weight is 160 g/mol. The molecule has 0 saturated heterocycles. The predicted molar refractivity (Wildman–Crippen MR) is 30.9 cm³/mol. The van der Waals surface area contributed by atoms with Gasteiger partial charge in [0.25, 0.3) is 0 Å². The van der Waals surface area contributed by atoms with Crippen molar-refractivity contribution >= 4 is 0 Å². The van der Waals surface area contributed by atoms with E-state index in [9.17, 15) is 0 Å². The van der Waals surface area contributed by atoms with Crippen molar-refractivity contribution in [2.45, 2.75) is 0 Å². The van der Waals surface area contributed by atoms with Gasteiger partial charge in [-0.25, -0.2) is 0 Å². The van der Waals surface area contributed by atoms with Crippen molar-refractivity contribution < 1.29 is 67.4 Å². The minimum absolute atomic E-state index is 0. The molecule has 0 aromatic rings. The van der Waals surface area contributed by atoms with Crippen LogP contribution in [0.4, 0.5) is 0 Å². The molecular formula is C5H13KO3. The van der Waals surface area contributed by atoms with Crippen LogP contribution < -0.4 is 51.4 Å². The summed E-state index contributed by atoms with van der Waals surface area (Å²) in [4.78, 5) is 0. The molecule has 0 atom stereocenters. The first kappa shape index (κ1) is 13.1. The number of rotatable bonds is 5. The molecule has 9 heavy (non-hydrogen) atoms. The quantitative estimate of drug-likeness (QED) is 0.339. The largest absolute Gasteiger partial charge is 1.00 e. The molecule has 0 aliphatic carbocycles. The maximum Gasteiger partial charge on any atom is 1.00 e. The average Bonchev–Trinajstić information content (AvgIpc) is 1.81. The van der Waals surface area contributed by atoms with Crippen molar-refractivity contribution in [2.75, 3.05) is 33.5 Å². The van der Waals surface area contributed by atoms with E-state index >= 15 is 0 Å². The summed E-state index contributed by atoms with van der Waals surface area (Å²) in [5.41, 5.74) is 0. The first-order chi connectivity index (χ1) is 3.91. The van der Waals surface area contributed by atoms with Gasteiger partial charge in [-0.15, -0.1) is 0 Å². The third kappa shape index (κ3) is 12.7. The third-order valence-electron chi connectivity index (χ3n) is 0.667. The summed E-state index contributed by atoms with van der Waals surface area (Å²) in [6, 6.07) is 0. The van der Waals surface area contributed by atoms with Crippen molar-refractivity contribution in [1.82, 2.24) is 0 Å². The Kier molecular flexibility index (Phi) is 17.8. The number of aliphatic hydroxyl groups is 1. The third-order valence-corrected chi connectivity index (χ3v) is 0.667. The van der Waals surface area contributed by atoms with Crippen molar-refractivity contribution in [3.63, 3.8) is 0 Å². The minimum atomic E-state index is 0. The summed E-state index contributed by atoms with van der Waals surface area (Å²) < 4.78 is 9.53. The van der Waals surface area contributed by atoms with E-state index in [-0.39, 0.29) is 59.4 Å². The zero-order chi connectivity index (χ0) is 6.24. The standard InChI is InChI=1S/C5H12O3.K.H/c1-7-4-5-8-3-2-6;;/h6H,2-5H2,1H3;;/q;+1;-1. The van der Waals surface area contributed by atoms with Crippen molar-refractivity contribution in [3.8, 4) is 0 Å². The van der Waals surface area contributed by atoms with Gasteiger partial charge in [-0.1, -0.05) is 0 Å². The van der Waals surface area contributed by atoms with Gasteiger partial charge < -0.3 is 16.0 Å². The van der Waals surface area contributed by atoms with Crippen LogP contribution >= 0.6 is 0 Å². The van der Waals surface area contributed by atoms with E-state index in [0.29, 0.717) is 19.8 Å². The summed E-state index contributed by atoms with van der Waals surface area (Å²) >= 11 is 0. The van der Waals surface area contributed by atoms with E-state index < -0.39 is 0 Å². The fourth-order valence-corrected chi connectivity index (χ4v) is 0.309. The van der Waals surface area contributed by atoms with Crippen molar-refractivity contribution in [2.24, 2.45) is 0 Å². The molecule has 0 bridgehead atoms. The van der Waals surface area contributed by atoms with Gasteiger partial charge in [-0.2, -0.15) is 0 Å². The minimum Gasteiger partial charge on any atom is -1.00 e. The van der Waals surface area contributed by atoms with Crippen LogP contribution in [0, 0.1) is 0 Å². The second kappa shape index (κ2) is 12.2. The van der Waals surface area contributed by atoms with Crippen LogP contribution in [0.1, 0.15) is 1.43 Å². The monoisotopic (exact) mass is 160 g/mol. The van der Waals surface area contributed by atoms with E-state index in [2.05, 4.69) is 4.74 Å². The Balaban J connectivity index is -0.000000245. The van der Waals surface area contributed by atoms with Gasteiger partial charge in [0, 0.05) is 7.11 Å². The molecular weight excluding hydrogens is 147 g/mol. The second-order valence-electron chi connectivity index (χ2n) is 1.33.